The molecular weight excluding hydrogens is 473 g/mol. The number of carbonyl (C=O) groups is 2. The average Bonchev–Trinajstić information content (AvgIpc) is 2.96. The zero-order valence-corrected chi connectivity index (χ0v) is 20.2. The molecule has 4 rings (SSSR count). The Kier molecular flexibility index (Phi) is 8.31. The largest absolute Gasteiger partial charge is 0.478 e. The molecule has 0 fully saturated rings. The number of anilines is 1. The van der Waals surface area contributed by atoms with Crippen molar-refractivity contribution in [3.63, 3.8) is 0 Å². The van der Waals surface area contributed by atoms with E-state index < -0.39 is 0 Å². The van der Waals surface area contributed by atoms with Gasteiger partial charge >= 0.3 is 0 Å². The molecule has 176 valence electrons. The number of halogens is 2. The molecule has 0 aromatic heterocycles. The van der Waals surface area contributed by atoms with E-state index in [9.17, 15) is 9.59 Å². The van der Waals surface area contributed by atoms with E-state index in [1.165, 1.54) is 0 Å². The first-order valence-electron chi connectivity index (χ1n) is 10.7. The van der Waals surface area contributed by atoms with Gasteiger partial charge in [0.2, 0.25) is 11.8 Å². The Balaban J connectivity index is 0.00000324. The first kappa shape index (κ1) is 25.3. The van der Waals surface area contributed by atoms with Crippen LogP contribution in [0.2, 0.25) is 5.02 Å². The number of benzene rings is 3. The minimum Gasteiger partial charge on any atom is -0.478 e. The van der Waals surface area contributed by atoms with Crippen molar-refractivity contribution in [1.82, 2.24) is 4.90 Å². The Hall–Kier alpha value is -3.35. The molecule has 0 spiro atoms. The van der Waals surface area contributed by atoms with Crippen LogP contribution in [0.25, 0.3) is 0 Å². The highest BCUT2D eigenvalue weighted by Crippen LogP contribution is 2.28. The number of ether oxygens (including phenoxy) is 1. The summed E-state index contributed by atoms with van der Waals surface area (Å²) in [5.74, 6) is -0.250. The van der Waals surface area contributed by atoms with Gasteiger partial charge < -0.3 is 14.5 Å². The molecule has 0 unspecified atom stereocenters. The molecule has 1 heterocycles. The van der Waals surface area contributed by atoms with Crippen molar-refractivity contribution >= 4 is 47.4 Å². The van der Waals surface area contributed by atoms with Gasteiger partial charge in [-0.3, -0.25) is 15.0 Å². The SMILES string of the molecule is CCOC(=N)c1ccc(CN2C(=O)CN(C(=O)c3ccc(Cl)cc3)Cc3ccccc32)cc1.Cl. The Morgan fingerprint density at radius 2 is 1.62 bits per heavy atom. The van der Waals surface area contributed by atoms with Gasteiger partial charge in [0.05, 0.1) is 13.2 Å². The summed E-state index contributed by atoms with van der Waals surface area (Å²) in [5, 5.41) is 8.48. The van der Waals surface area contributed by atoms with Gasteiger partial charge in [0, 0.05) is 28.4 Å². The quantitative estimate of drug-likeness (QED) is 0.383. The summed E-state index contributed by atoms with van der Waals surface area (Å²) in [6.07, 6.45) is 0. The molecule has 34 heavy (non-hydrogen) atoms. The lowest BCUT2D eigenvalue weighted by atomic mass is 10.1. The van der Waals surface area contributed by atoms with Crippen molar-refractivity contribution in [3.05, 3.63) is 100 Å². The fourth-order valence-electron chi connectivity index (χ4n) is 3.82. The molecule has 1 aliphatic rings. The minimum absolute atomic E-state index is 0. The van der Waals surface area contributed by atoms with Crippen LogP contribution >= 0.6 is 24.0 Å². The van der Waals surface area contributed by atoms with E-state index in [4.69, 9.17) is 21.7 Å². The number of nitrogens with one attached hydrogen (secondary N) is 1. The molecule has 3 aromatic rings. The van der Waals surface area contributed by atoms with Gasteiger partial charge in [-0.1, -0.05) is 41.9 Å². The van der Waals surface area contributed by atoms with Crippen LogP contribution in [0.15, 0.2) is 72.8 Å². The van der Waals surface area contributed by atoms with E-state index in [0.29, 0.717) is 35.8 Å². The second kappa shape index (κ2) is 11.2. The number of amides is 2. The summed E-state index contributed by atoms with van der Waals surface area (Å²) in [7, 11) is 0. The summed E-state index contributed by atoms with van der Waals surface area (Å²) in [6, 6.07) is 21.7. The highest BCUT2D eigenvalue weighted by molar-refractivity contribution is 6.30. The van der Waals surface area contributed by atoms with Gasteiger partial charge in [-0.15, -0.1) is 12.4 Å². The highest BCUT2D eigenvalue weighted by atomic mass is 35.5. The average molecular weight is 498 g/mol. The topological polar surface area (TPSA) is 73.7 Å². The third-order valence-corrected chi connectivity index (χ3v) is 5.75. The maximum Gasteiger partial charge on any atom is 0.254 e. The zero-order chi connectivity index (χ0) is 23.4. The fraction of sp³-hybridized carbons (Fsp3) is 0.192. The Morgan fingerprint density at radius 3 is 2.29 bits per heavy atom. The third kappa shape index (κ3) is 5.58. The molecule has 6 nitrogen and oxygen atoms in total. The number of hydrogen-bond acceptors (Lipinski definition) is 4. The second-order valence-electron chi connectivity index (χ2n) is 7.74. The molecule has 0 radical (unpaired) electrons. The zero-order valence-electron chi connectivity index (χ0n) is 18.7. The molecule has 1 N–H and O–H groups in total. The standard InChI is InChI=1S/C26H24ClN3O3.ClH/c1-2-33-25(28)19-9-7-18(8-10-19)15-30-23-6-4-3-5-21(23)16-29(17-24(30)31)26(32)20-11-13-22(27)14-12-20;/h3-14,28H,2,15-17H2,1H3;1H. The first-order valence-corrected chi connectivity index (χ1v) is 11.1. The van der Waals surface area contributed by atoms with E-state index >= 15 is 0 Å². The van der Waals surface area contributed by atoms with Gasteiger partial charge in [-0.25, -0.2) is 0 Å². The maximum absolute atomic E-state index is 13.3. The van der Waals surface area contributed by atoms with Crippen molar-refractivity contribution in [3.8, 4) is 0 Å². The van der Waals surface area contributed by atoms with Crippen LogP contribution in [0.5, 0.6) is 0 Å². The lowest BCUT2D eigenvalue weighted by molar-refractivity contribution is -0.119. The summed E-state index contributed by atoms with van der Waals surface area (Å²) in [5.41, 5.74) is 3.79. The number of para-hydroxylation sites is 1. The molecule has 0 aliphatic carbocycles. The van der Waals surface area contributed by atoms with Crippen molar-refractivity contribution in [2.24, 2.45) is 0 Å². The highest BCUT2D eigenvalue weighted by Gasteiger charge is 2.29. The van der Waals surface area contributed by atoms with Crippen LogP contribution in [0.3, 0.4) is 0 Å². The van der Waals surface area contributed by atoms with E-state index in [1.807, 2.05) is 55.5 Å². The maximum atomic E-state index is 13.3. The molecule has 1 aliphatic heterocycles. The Morgan fingerprint density at radius 1 is 0.971 bits per heavy atom. The molecule has 2 amide bonds. The number of hydrogen-bond donors (Lipinski definition) is 1. The van der Waals surface area contributed by atoms with Crippen molar-refractivity contribution in [2.75, 3.05) is 18.1 Å². The minimum atomic E-state index is -0.213. The predicted octanol–water partition coefficient (Wildman–Crippen LogP) is 5.31. The monoisotopic (exact) mass is 497 g/mol. The van der Waals surface area contributed by atoms with Gasteiger partial charge in [-0.2, -0.15) is 0 Å². The summed E-state index contributed by atoms with van der Waals surface area (Å²) in [6.45, 7) is 2.95. The lowest BCUT2D eigenvalue weighted by Crippen LogP contribution is -2.39. The summed E-state index contributed by atoms with van der Waals surface area (Å²) < 4.78 is 5.25. The number of nitrogens with zero attached hydrogens (tertiary/aromatic N) is 2. The number of fused-ring (bicyclic) bond motifs is 1. The summed E-state index contributed by atoms with van der Waals surface area (Å²) >= 11 is 5.95. The van der Waals surface area contributed by atoms with E-state index in [2.05, 4.69) is 0 Å². The lowest BCUT2D eigenvalue weighted by Gasteiger charge is -2.23. The van der Waals surface area contributed by atoms with Crippen LogP contribution in [0.1, 0.15) is 34.0 Å². The molecular formula is C26H25Cl2N3O3. The van der Waals surface area contributed by atoms with E-state index in [0.717, 1.165) is 16.8 Å². The van der Waals surface area contributed by atoms with Gasteiger partial charge in [0.1, 0.15) is 6.54 Å². The Labute approximate surface area is 210 Å². The molecule has 0 bridgehead atoms. The second-order valence-corrected chi connectivity index (χ2v) is 8.17. The molecule has 8 heteroatoms. The number of rotatable bonds is 5. The first-order chi connectivity index (χ1) is 16.0. The fourth-order valence-corrected chi connectivity index (χ4v) is 3.94. The van der Waals surface area contributed by atoms with Crippen LogP contribution in [-0.2, 0) is 22.6 Å². The van der Waals surface area contributed by atoms with Gasteiger partial charge in [-0.05, 0) is 60.5 Å². The van der Waals surface area contributed by atoms with Crippen molar-refractivity contribution in [2.45, 2.75) is 20.0 Å². The van der Waals surface area contributed by atoms with Gasteiger partial charge in [0.15, 0.2) is 0 Å². The van der Waals surface area contributed by atoms with Crippen molar-refractivity contribution < 1.29 is 14.3 Å². The molecule has 3 aromatic carbocycles. The van der Waals surface area contributed by atoms with Crippen LogP contribution < -0.4 is 4.90 Å². The van der Waals surface area contributed by atoms with Crippen molar-refractivity contribution in [1.29, 1.82) is 5.41 Å². The van der Waals surface area contributed by atoms with Crippen LogP contribution in [-0.4, -0.2) is 35.8 Å². The van der Waals surface area contributed by atoms with E-state index in [1.54, 1.807) is 34.1 Å². The molecule has 0 saturated carbocycles. The smallest absolute Gasteiger partial charge is 0.254 e. The predicted molar refractivity (Wildman–Crippen MR) is 136 cm³/mol. The third-order valence-electron chi connectivity index (χ3n) is 5.49. The van der Waals surface area contributed by atoms with E-state index in [-0.39, 0.29) is 36.7 Å². The Bertz CT molecular complexity index is 1180. The van der Waals surface area contributed by atoms with Gasteiger partial charge in [0.25, 0.3) is 5.91 Å². The van der Waals surface area contributed by atoms with Crippen LogP contribution in [0.4, 0.5) is 5.69 Å². The number of carbonyl (C=O) groups excluding carboxylic acids is 2. The molecule has 0 saturated heterocycles. The summed E-state index contributed by atoms with van der Waals surface area (Å²) in [4.78, 5) is 29.7. The normalized spacial score (nSPS) is 12.9. The molecule has 0 atom stereocenters. The van der Waals surface area contributed by atoms with Crippen LogP contribution in [0, 0.1) is 5.41 Å².